The predicted octanol–water partition coefficient (Wildman–Crippen LogP) is 5.47. The van der Waals surface area contributed by atoms with Gasteiger partial charge in [0, 0.05) is 5.56 Å². The number of aromatic nitrogens is 3. The number of nitrogens with zero attached hydrogens (tertiary/aromatic N) is 4. The highest BCUT2D eigenvalue weighted by molar-refractivity contribution is 7.80. The normalized spacial score (nSPS) is 11.4. The van der Waals surface area contributed by atoms with Crippen LogP contribution in [0.25, 0.3) is 17.1 Å². The van der Waals surface area contributed by atoms with Gasteiger partial charge in [0.05, 0.1) is 24.7 Å². The van der Waals surface area contributed by atoms with Gasteiger partial charge in [0.2, 0.25) is 0 Å². The third kappa shape index (κ3) is 6.82. The second-order valence-electron chi connectivity index (χ2n) is 7.65. The van der Waals surface area contributed by atoms with Crippen LogP contribution in [0.5, 0.6) is 11.5 Å². The van der Waals surface area contributed by atoms with Crippen LogP contribution in [0.15, 0.2) is 78.2 Å². The molecule has 0 bridgehead atoms. The lowest BCUT2D eigenvalue weighted by Crippen LogP contribution is -2.24. The quantitative estimate of drug-likeness (QED) is 0.188. The Bertz CT molecular complexity index is 1400. The number of benzene rings is 3. The van der Waals surface area contributed by atoms with Crippen molar-refractivity contribution >= 4 is 29.2 Å². The summed E-state index contributed by atoms with van der Waals surface area (Å²) in [6.07, 6.45) is -1.65. The van der Waals surface area contributed by atoms with Crippen LogP contribution < -0.4 is 20.2 Å². The summed E-state index contributed by atoms with van der Waals surface area (Å²) in [5.74, 6) is 0.817. The lowest BCUT2D eigenvalue weighted by atomic mass is 10.1. The summed E-state index contributed by atoms with van der Waals surface area (Å²) in [5.41, 5.74) is 6.62. The smallest absolute Gasteiger partial charge is 0.495 e. The third-order valence-corrected chi connectivity index (χ3v) is 5.26. The second-order valence-corrected chi connectivity index (χ2v) is 8.06. The van der Waals surface area contributed by atoms with E-state index in [4.69, 9.17) is 17.0 Å². The Hall–Kier alpha value is -4.45. The number of methoxy groups -OCH3 is 1. The van der Waals surface area contributed by atoms with Crippen LogP contribution in [0.3, 0.4) is 0 Å². The minimum Gasteiger partial charge on any atom is -0.495 e. The number of alkyl halides is 3. The molecule has 0 fully saturated rings. The van der Waals surface area contributed by atoms with Gasteiger partial charge in [0.15, 0.2) is 10.9 Å². The molecule has 1 aromatic heterocycles. The molecule has 0 radical (unpaired) electrons. The van der Waals surface area contributed by atoms with Gasteiger partial charge in [-0.2, -0.15) is 5.10 Å². The Morgan fingerprint density at radius 3 is 2.46 bits per heavy atom. The molecule has 0 saturated heterocycles. The zero-order chi connectivity index (χ0) is 26.4. The number of hydrazone groups is 1. The number of ether oxygens (including phenoxy) is 2. The van der Waals surface area contributed by atoms with E-state index >= 15 is 0 Å². The van der Waals surface area contributed by atoms with Crippen LogP contribution in [-0.4, -0.2) is 39.6 Å². The molecule has 0 aliphatic heterocycles. The van der Waals surface area contributed by atoms with Crippen molar-refractivity contribution in [3.8, 4) is 28.6 Å². The fourth-order valence-corrected chi connectivity index (χ4v) is 3.47. The number of para-hydroxylation sites is 1. The van der Waals surface area contributed by atoms with Gasteiger partial charge in [-0.25, -0.2) is 9.67 Å². The van der Waals surface area contributed by atoms with Crippen molar-refractivity contribution in [1.29, 1.82) is 0 Å². The van der Waals surface area contributed by atoms with Gasteiger partial charge in [-0.15, -0.1) is 18.3 Å². The van der Waals surface area contributed by atoms with E-state index in [1.165, 1.54) is 35.3 Å². The fourth-order valence-electron chi connectivity index (χ4n) is 3.32. The number of hydrogen-bond acceptors (Lipinski definition) is 6. The maximum Gasteiger partial charge on any atom is 0.573 e. The van der Waals surface area contributed by atoms with E-state index in [-0.39, 0.29) is 5.75 Å². The van der Waals surface area contributed by atoms with Gasteiger partial charge in [-0.05, 0) is 60.6 Å². The van der Waals surface area contributed by atoms with Crippen molar-refractivity contribution in [2.75, 3.05) is 12.4 Å². The van der Waals surface area contributed by atoms with Crippen LogP contribution in [0.4, 0.5) is 18.9 Å². The van der Waals surface area contributed by atoms with E-state index in [0.29, 0.717) is 22.4 Å². The number of nitrogens with one attached hydrogen (secondary N) is 2. The minimum absolute atomic E-state index is 0.310. The maximum absolute atomic E-state index is 12.3. The zero-order valence-corrected chi connectivity index (χ0v) is 20.5. The van der Waals surface area contributed by atoms with Crippen LogP contribution in [-0.2, 0) is 0 Å². The maximum atomic E-state index is 12.3. The summed E-state index contributed by atoms with van der Waals surface area (Å²) in [6, 6.07) is 18.4. The standard InChI is InChI=1S/C25H21F3N6O2S/c1-16-4-3-5-21(35-2)22(16)31-24(37)32-30-14-17-6-8-18(9-7-17)23-29-15-34(33-23)19-10-12-20(13-11-19)36-25(26,27)28/h3-15H,1-2H3,(H2,31,32,37). The average Bonchev–Trinajstić information content (AvgIpc) is 3.35. The summed E-state index contributed by atoms with van der Waals surface area (Å²) < 4.78 is 47.7. The number of anilines is 1. The average molecular weight is 527 g/mol. The first-order chi connectivity index (χ1) is 17.7. The predicted molar refractivity (Wildman–Crippen MR) is 138 cm³/mol. The molecule has 4 rings (SSSR count). The highest BCUT2D eigenvalue weighted by Gasteiger charge is 2.31. The van der Waals surface area contributed by atoms with Crippen LogP contribution >= 0.6 is 12.2 Å². The first-order valence-corrected chi connectivity index (χ1v) is 11.2. The summed E-state index contributed by atoms with van der Waals surface area (Å²) in [5, 5.41) is 11.9. The number of thiocarbonyl (C=S) groups is 1. The second kappa shape index (κ2) is 11.1. The van der Waals surface area contributed by atoms with E-state index < -0.39 is 6.36 Å². The molecule has 0 unspecified atom stereocenters. The Balaban J connectivity index is 1.35. The number of hydrogen-bond donors (Lipinski definition) is 2. The van der Waals surface area contributed by atoms with Gasteiger partial charge in [0.1, 0.15) is 17.8 Å². The summed E-state index contributed by atoms with van der Waals surface area (Å²) in [4.78, 5) is 4.28. The highest BCUT2D eigenvalue weighted by Crippen LogP contribution is 2.27. The van der Waals surface area contributed by atoms with Gasteiger partial charge in [-0.1, -0.05) is 36.4 Å². The molecule has 8 nitrogen and oxygen atoms in total. The Morgan fingerprint density at radius 2 is 1.78 bits per heavy atom. The van der Waals surface area contributed by atoms with Gasteiger partial charge in [0.25, 0.3) is 0 Å². The summed E-state index contributed by atoms with van der Waals surface area (Å²) >= 11 is 5.31. The zero-order valence-electron chi connectivity index (χ0n) is 19.7. The molecule has 37 heavy (non-hydrogen) atoms. The van der Waals surface area contributed by atoms with Gasteiger partial charge >= 0.3 is 6.36 Å². The SMILES string of the molecule is COc1cccc(C)c1NC(=S)NN=Cc1ccc(-c2ncn(-c3ccc(OC(F)(F)F)cc3)n2)cc1. The van der Waals surface area contributed by atoms with Crippen LogP contribution in [0.1, 0.15) is 11.1 Å². The van der Waals surface area contributed by atoms with Crippen molar-refractivity contribution < 1.29 is 22.6 Å². The van der Waals surface area contributed by atoms with Gasteiger partial charge in [-0.3, -0.25) is 5.43 Å². The summed E-state index contributed by atoms with van der Waals surface area (Å²) in [6.45, 7) is 1.94. The lowest BCUT2D eigenvalue weighted by molar-refractivity contribution is -0.274. The topological polar surface area (TPSA) is 85.6 Å². The summed E-state index contributed by atoms with van der Waals surface area (Å²) in [7, 11) is 1.59. The van der Waals surface area contributed by atoms with E-state index in [0.717, 1.165) is 22.4 Å². The molecule has 0 aliphatic carbocycles. The van der Waals surface area contributed by atoms with Gasteiger partial charge < -0.3 is 14.8 Å². The van der Waals surface area contributed by atoms with Crippen molar-refractivity contribution in [2.24, 2.45) is 5.10 Å². The highest BCUT2D eigenvalue weighted by atomic mass is 32.1. The van der Waals surface area contributed by atoms with Crippen LogP contribution in [0, 0.1) is 6.92 Å². The van der Waals surface area contributed by atoms with Crippen molar-refractivity contribution in [3.63, 3.8) is 0 Å². The van der Waals surface area contributed by atoms with Crippen LogP contribution in [0.2, 0.25) is 0 Å². The molecule has 2 N–H and O–H groups in total. The molecule has 190 valence electrons. The molecule has 0 aliphatic rings. The fraction of sp³-hybridized carbons (Fsp3) is 0.120. The third-order valence-electron chi connectivity index (χ3n) is 5.07. The number of rotatable bonds is 7. The van der Waals surface area contributed by atoms with Crippen molar-refractivity contribution in [3.05, 3.63) is 84.2 Å². The molecule has 0 saturated carbocycles. The van der Waals surface area contributed by atoms with E-state index in [9.17, 15) is 13.2 Å². The van der Waals surface area contributed by atoms with Crippen molar-refractivity contribution in [1.82, 2.24) is 20.2 Å². The molecular formula is C25H21F3N6O2S. The Labute approximate surface area is 215 Å². The lowest BCUT2D eigenvalue weighted by Gasteiger charge is -2.13. The number of aryl methyl sites for hydroxylation is 1. The molecule has 0 amide bonds. The number of halogens is 3. The molecule has 1 heterocycles. The molecule has 12 heteroatoms. The van der Waals surface area contributed by atoms with E-state index in [2.05, 4.69) is 30.7 Å². The van der Waals surface area contributed by atoms with E-state index in [1.807, 2.05) is 49.4 Å². The van der Waals surface area contributed by atoms with E-state index in [1.54, 1.807) is 13.3 Å². The monoisotopic (exact) mass is 526 g/mol. The molecule has 3 aromatic carbocycles. The molecule has 0 spiro atoms. The Kier molecular flexibility index (Phi) is 7.68. The first-order valence-electron chi connectivity index (χ1n) is 10.8. The molecular weight excluding hydrogens is 505 g/mol. The minimum atomic E-state index is -4.74. The molecule has 4 aromatic rings. The Morgan fingerprint density at radius 1 is 1.05 bits per heavy atom. The molecule has 0 atom stereocenters. The van der Waals surface area contributed by atoms with Crippen molar-refractivity contribution in [2.45, 2.75) is 13.3 Å². The first kappa shape index (κ1) is 25.6. The largest absolute Gasteiger partial charge is 0.573 e.